The van der Waals surface area contributed by atoms with Gasteiger partial charge in [-0.1, -0.05) is 38.1 Å². The second kappa shape index (κ2) is 6.44. The third-order valence-corrected chi connectivity index (χ3v) is 7.88. The topological polar surface area (TPSA) is 42.0 Å². The highest BCUT2D eigenvalue weighted by Gasteiger charge is 2.54. The number of thiazole rings is 1. The van der Waals surface area contributed by atoms with Crippen LogP contribution in [0, 0.1) is 23.2 Å². The molecule has 0 aliphatic heterocycles. The van der Waals surface area contributed by atoms with Crippen LogP contribution in [0.5, 0.6) is 0 Å². The molecule has 1 aromatic carbocycles. The minimum Gasteiger partial charge on any atom is -0.301 e. The lowest BCUT2D eigenvalue weighted by atomic mass is 9.49. The van der Waals surface area contributed by atoms with Crippen LogP contribution in [-0.4, -0.2) is 10.9 Å². The van der Waals surface area contributed by atoms with Crippen LogP contribution in [0.3, 0.4) is 0 Å². The van der Waals surface area contributed by atoms with Crippen molar-refractivity contribution in [2.24, 2.45) is 23.2 Å². The third kappa shape index (κ3) is 3.12. The molecule has 4 fully saturated rings. The van der Waals surface area contributed by atoms with Crippen molar-refractivity contribution in [2.75, 3.05) is 5.32 Å². The van der Waals surface area contributed by atoms with Gasteiger partial charge in [0.1, 0.15) is 0 Å². The fourth-order valence-electron chi connectivity index (χ4n) is 6.12. The highest BCUT2D eigenvalue weighted by molar-refractivity contribution is 7.14. The molecule has 2 aromatic rings. The molecule has 6 rings (SSSR count). The Kier molecular flexibility index (Phi) is 4.15. The van der Waals surface area contributed by atoms with Crippen molar-refractivity contribution in [1.29, 1.82) is 0 Å². The zero-order valence-corrected chi connectivity index (χ0v) is 17.0. The average Bonchev–Trinajstić information content (AvgIpc) is 3.09. The summed E-state index contributed by atoms with van der Waals surface area (Å²) in [6.45, 7) is 4.41. The summed E-state index contributed by atoms with van der Waals surface area (Å²) in [7, 11) is 0. The molecule has 0 saturated heterocycles. The first-order valence-electron chi connectivity index (χ1n) is 10.4. The molecule has 0 radical (unpaired) electrons. The fourth-order valence-corrected chi connectivity index (χ4v) is 6.84. The number of hydrogen-bond donors (Lipinski definition) is 1. The van der Waals surface area contributed by atoms with Gasteiger partial charge in [0.2, 0.25) is 5.91 Å². The van der Waals surface area contributed by atoms with Gasteiger partial charge in [-0.15, -0.1) is 11.3 Å². The molecular formula is C23H28N2OS. The maximum absolute atomic E-state index is 13.2. The van der Waals surface area contributed by atoms with E-state index in [4.69, 9.17) is 4.98 Å². The smallest absolute Gasteiger partial charge is 0.232 e. The van der Waals surface area contributed by atoms with E-state index in [1.54, 1.807) is 11.3 Å². The molecule has 4 heteroatoms. The van der Waals surface area contributed by atoms with Gasteiger partial charge in [0.15, 0.2) is 5.13 Å². The van der Waals surface area contributed by atoms with Crippen LogP contribution in [0.1, 0.15) is 63.9 Å². The maximum atomic E-state index is 13.2. The van der Waals surface area contributed by atoms with Crippen molar-refractivity contribution in [3.63, 3.8) is 0 Å². The Morgan fingerprint density at radius 2 is 1.67 bits per heavy atom. The van der Waals surface area contributed by atoms with E-state index < -0.39 is 0 Å². The van der Waals surface area contributed by atoms with Crippen molar-refractivity contribution in [3.05, 3.63) is 35.2 Å². The van der Waals surface area contributed by atoms with Crippen molar-refractivity contribution < 1.29 is 4.79 Å². The Morgan fingerprint density at radius 1 is 1.07 bits per heavy atom. The van der Waals surface area contributed by atoms with Gasteiger partial charge in [0.05, 0.1) is 11.1 Å². The van der Waals surface area contributed by atoms with Gasteiger partial charge in [0, 0.05) is 10.9 Å². The lowest BCUT2D eigenvalue weighted by molar-refractivity contribution is -0.140. The Hall–Kier alpha value is -1.68. The molecule has 4 bridgehead atoms. The highest BCUT2D eigenvalue weighted by atomic mass is 32.1. The van der Waals surface area contributed by atoms with Gasteiger partial charge in [-0.05, 0) is 67.8 Å². The van der Waals surface area contributed by atoms with Crippen molar-refractivity contribution in [1.82, 2.24) is 4.98 Å². The first-order valence-corrected chi connectivity index (χ1v) is 11.3. The van der Waals surface area contributed by atoms with Gasteiger partial charge < -0.3 is 5.32 Å². The number of amides is 1. The molecule has 1 heterocycles. The highest BCUT2D eigenvalue weighted by Crippen LogP contribution is 2.60. The molecule has 4 aliphatic carbocycles. The van der Waals surface area contributed by atoms with E-state index in [-0.39, 0.29) is 11.3 Å². The predicted molar refractivity (Wildman–Crippen MR) is 111 cm³/mol. The molecule has 0 atom stereocenters. The molecule has 0 unspecified atom stereocenters. The summed E-state index contributed by atoms with van der Waals surface area (Å²) in [6, 6.07) is 8.62. The summed E-state index contributed by atoms with van der Waals surface area (Å²) >= 11 is 1.54. The van der Waals surface area contributed by atoms with Gasteiger partial charge in [-0.3, -0.25) is 4.79 Å². The minimum absolute atomic E-state index is 0.112. The SMILES string of the molecule is CC(C)c1ccc(-c2csc(NC(=O)C34CC5CC(CC(C5)C3)C4)n2)cc1. The number of aromatic nitrogens is 1. The number of nitrogens with one attached hydrogen (secondary N) is 1. The normalized spacial score (nSPS) is 31.4. The van der Waals surface area contributed by atoms with E-state index in [0.29, 0.717) is 5.92 Å². The first-order chi connectivity index (χ1) is 13.0. The van der Waals surface area contributed by atoms with Crippen molar-refractivity contribution in [3.8, 4) is 11.3 Å². The minimum atomic E-state index is -0.112. The van der Waals surface area contributed by atoms with E-state index >= 15 is 0 Å². The van der Waals surface area contributed by atoms with Gasteiger partial charge >= 0.3 is 0 Å². The number of carbonyl (C=O) groups excluding carboxylic acids is 1. The molecule has 142 valence electrons. The number of nitrogens with zero attached hydrogens (tertiary/aromatic N) is 1. The Balaban J connectivity index is 1.31. The standard InChI is InChI=1S/C23H28N2OS/c1-14(2)18-3-5-19(6-4-18)20-13-27-22(24-20)25-21(26)23-10-15-7-16(11-23)9-17(8-15)12-23/h3-6,13-17H,7-12H2,1-2H3,(H,24,25,26). The largest absolute Gasteiger partial charge is 0.301 e. The van der Waals surface area contributed by atoms with Gasteiger partial charge in [-0.2, -0.15) is 0 Å². The lowest BCUT2D eigenvalue weighted by Crippen LogP contribution is -2.51. The summed E-state index contributed by atoms with van der Waals surface area (Å²) in [6.07, 6.45) is 7.38. The van der Waals surface area contributed by atoms with Crippen LogP contribution < -0.4 is 5.32 Å². The lowest BCUT2D eigenvalue weighted by Gasteiger charge is -2.55. The van der Waals surface area contributed by atoms with E-state index in [9.17, 15) is 4.79 Å². The van der Waals surface area contributed by atoms with E-state index in [1.165, 1.54) is 24.8 Å². The third-order valence-electron chi connectivity index (χ3n) is 7.12. The molecule has 27 heavy (non-hydrogen) atoms. The molecular weight excluding hydrogens is 352 g/mol. The van der Waals surface area contributed by atoms with E-state index in [2.05, 4.69) is 48.8 Å². The van der Waals surface area contributed by atoms with Crippen molar-refractivity contribution >= 4 is 22.4 Å². The van der Waals surface area contributed by atoms with Crippen LogP contribution >= 0.6 is 11.3 Å². The molecule has 4 aliphatic rings. The van der Waals surface area contributed by atoms with E-state index in [0.717, 1.165) is 53.4 Å². The molecule has 1 aromatic heterocycles. The molecule has 4 saturated carbocycles. The molecule has 1 N–H and O–H groups in total. The van der Waals surface area contributed by atoms with Crippen LogP contribution in [0.4, 0.5) is 5.13 Å². The van der Waals surface area contributed by atoms with Crippen molar-refractivity contribution in [2.45, 2.75) is 58.3 Å². The number of benzene rings is 1. The summed E-state index contributed by atoms with van der Waals surface area (Å²) < 4.78 is 0. The van der Waals surface area contributed by atoms with Gasteiger partial charge in [-0.25, -0.2) is 4.98 Å². The molecule has 3 nitrogen and oxygen atoms in total. The number of anilines is 1. The number of carbonyl (C=O) groups is 1. The Labute approximate surface area is 165 Å². The predicted octanol–water partition coefficient (Wildman–Crippen LogP) is 6.09. The number of rotatable bonds is 4. The monoisotopic (exact) mass is 380 g/mol. The number of hydrogen-bond acceptors (Lipinski definition) is 3. The summed E-state index contributed by atoms with van der Waals surface area (Å²) in [5.41, 5.74) is 3.30. The van der Waals surface area contributed by atoms with Crippen LogP contribution in [0.25, 0.3) is 11.3 Å². The Morgan fingerprint density at radius 3 is 2.22 bits per heavy atom. The second-order valence-electron chi connectivity index (χ2n) is 9.47. The first kappa shape index (κ1) is 17.4. The maximum Gasteiger partial charge on any atom is 0.232 e. The van der Waals surface area contributed by atoms with Gasteiger partial charge in [0.25, 0.3) is 0 Å². The van der Waals surface area contributed by atoms with Crippen LogP contribution in [0.15, 0.2) is 29.6 Å². The zero-order valence-electron chi connectivity index (χ0n) is 16.2. The summed E-state index contributed by atoms with van der Waals surface area (Å²) in [5, 5.41) is 5.99. The second-order valence-corrected chi connectivity index (χ2v) is 10.3. The van der Waals surface area contributed by atoms with Crippen LogP contribution in [0.2, 0.25) is 0 Å². The summed E-state index contributed by atoms with van der Waals surface area (Å²) in [5.74, 6) is 3.12. The quantitative estimate of drug-likeness (QED) is 0.697. The molecule has 0 spiro atoms. The molecule has 1 amide bonds. The van der Waals surface area contributed by atoms with E-state index in [1.807, 2.05) is 0 Å². The fraction of sp³-hybridized carbons (Fsp3) is 0.565. The van der Waals surface area contributed by atoms with Crippen LogP contribution in [-0.2, 0) is 4.79 Å². The average molecular weight is 381 g/mol. The Bertz CT molecular complexity index is 816. The summed E-state index contributed by atoms with van der Waals surface area (Å²) in [4.78, 5) is 17.9. The zero-order chi connectivity index (χ0) is 18.6.